The zero-order chi connectivity index (χ0) is 23.2. The Bertz CT molecular complexity index is 883. The van der Waals surface area contributed by atoms with Gasteiger partial charge in [-0.05, 0) is 42.1 Å². The van der Waals surface area contributed by atoms with Crippen molar-refractivity contribution >= 4 is 28.3 Å². The number of carbonyl (C=O) groups excluding carboxylic acids is 1. The Morgan fingerprint density at radius 3 is 2.50 bits per heavy atom. The van der Waals surface area contributed by atoms with Gasteiger partial charge in [-0.15, -0.1) is 0 Å². The van der Waals surface area contributed by atoms with Crippen LogP contribution in [-0.4, -0.2) is 45.4 Å². The molecular weight excluding hydrogens is 414 g/mol. The van der Waals surface area contributed by atoms with E-state index < -0.39 is 4.92 Å². The first-order chi connectivity index (χ1) is 15.5. The number of nitrogens with one attached hydrogen (secondary N) is 2. The number of unbranched alkanes of at least 4 members (excludes halogenated alkanes) is 7. The Hall–Kier alpha value is -3.01. The average Bonchev–Trinajstić information content (AvgIpc) is 3.25. The van der Waals surface area contributed by atoms with Crippen LogP contribution in [0.5, 0.6) is 0 Å². The molecule has 1 heterocycles. The van der Waals surface area contributed by atoms with Crippen molar-refractivity contribution in [1.82, 2.24) is 15.6 Å². The molecule has 0 aliphatic rings. The molecule has 2 rings (SSSR count). The number of hydrogen-bond donors (Lipinski definition) is 3. The molecule has 32 heavy (non-hydrogen) atoms. The van der Waals surface area contributed by atoms with Gasteiger partial charge < -0.3 is 15.7 Å². The number of aliphatic hydroxyl groups excluding tert-OH is 1. The first-order valence-electron chi connectivity index (χ1n) is 11.2. The van der Waals surface area contributed by atoms with Crippen LogP contribution in [0.3, 0.4) is 0 Å². The minimum Gasteiger partial charge on any atom is -0.394 e. The Morgan fingerprint density at radius 2 is 1.81 bits per heavy atom. The van der Waals surface area contributed by atoms with Crippen LogP contribution in [0.15, 0.2) is 28.9 Å². The number of non-ortho nitro benzene ring substituents is 1. The average molecular weight is 448 g/mol. The fourth-order valence-corrected chi connectivity index (χ4v) is 3.48. The van der Waals surface area contributed by atoms with Crippen LogP contribution in [0.2, 0.25) is 0 Å². The van der Waals surface area contributed by atoms with Crippen LogP contribution in [0.25, 0.3) is 11.0 Å². The van der Waals surface area contributed by atoms with Crippen molar-refractivity contribution in [3.63, 3.8) is 0 Å². The molecule has 1 unspecified atom stereocenters. The van der Waals surface area contributed by atoms with Crippen molar-refractivity contribution in [2.45, 2.75) is 70.8 Å². The standard InChI is InChI=1S/C22H33N5O5/c1-17(29)24-18(16-28)12-10-8-6-4-2-3-5-7-9-11-15-23-19-13-14-20(27(30)31)22-21(19)25-32-26-22/h8,10,13-14,18,23,28H,2-7,9,11-12,15-16H2,1H3,(H,24,29)/b10-8+. The van der Waals surface area contributed by atoms with E-state index in [2.05, 4.69) is 31.7 Å². The lowest BCUT2D eigenvalue weighted by Gasteiger charge is -2.12. The van der Waals surface area contributed by atoms with Crippen LogP contribution in [0.1, 0.15) is 64.7 Å². The number of aliphatic hydroxyl groups is 1. The van der Waals surface area contributed by atoms with Gasteiger partial charge in [0.2, 0.25) is 11.4 Å². The number of nitrogens with zero attached hydrogens (tertiary/aromatic N) is 3. The highest BCUT2D eigenvalue weighted by Crippen LogP contribution is 2.28. The quantitative estimate of drug-likeness (QED) is 0.151. The van der Waals surface area contributed by atoms with E-state index in [0.29, 0.717) is 17.6 Å². The molecule has 2 aromatic rings. The number of allylic oxidation sites excluding steroid dienone is 1. The van der Waals surface area contributed by atoms with Crippen LogP contribution < -0.4 is 10.6 Å². The maximum atomic E-state index is 11.0. The summed E-state index contributed by atoms with van der Waals surface area (Å²) in [6.07, 6.45) is 13.9. The summed E-state index contributed by atoms with van der Waals surface area (Å²) in [4.78, 5) is 21.5. The summed E-state index contributed by atoms with van der Waals surface area (Å²) in [7, 11) is 0. The van der Waals surface area contributed by atoms with E-state index in [0.717, 1.165) is 32.2 Å². The number of nitro benzene ring substituents is 1. The van der Waals surface area contributed by atoms with Crippen LogP contribution >= 0.6 is 0 Å². The van der Waals surface area contributed by atoms with Gasteiger partial charge in [0.05, 0.1) is 23.3 Å². The molecule has 0 spiro atoms. The Balaban J connectivity index is 1.49. The number of anilines is 1. The van der Waals surface area contributed by atoms with Crippen LogP contribution in [0.4, 0.5) is 11.4 Å². The summed E-state index contributed by atoms with van der Waals surface area (Å²) < 4.78 is 4.67. The largest absolute Gasteiger partial charge is 0.394 e. The van der Waals surface area contributed by atoms with E-state index in [1.165, 1.54) is 38.7 Å². The van der Waals surface area contributed by atoms with Crippen molar-refractivity contribution in [1.29, 1.82) is 0 Å². The van der Waals surface area contributed by atoms with E-state index in [1.807, 2.05) is 6.08 Å². The zero-order valence-electron chi connectivity index (χ0n) is 18.6. The van der Waals surface area contributed by atoms with Crippen molar-refractivity contribution in [3.05, 3.63) is 34.4 Å². The summed E-state index contributed by atoms with van der Waals surface area (Å²) in [5.74, 6) is -0.121. The number of hydrogen-bond acceptors (Lipinski definition) is 8. The minimum atomic E-state index is -0.493. The fraction of sp³-hybridized carbons (Fsp3) is 0.591. The second-order valence-corrected chi connectivity index (χ2v) is 7.83. The molecule has 3 N–H and O–H groups in total. The van der Waals surface area contributed by atoms with Gasteiger partial charge in [0.25, 0.3) is 0 Å². The molecule has 0 saturated carbocycles. The molecule has 0 bridgehead atoms. The molecule has 1 atom stereocenters. The number of fused-ring (bicyclic) bond motifs is 1. The third-order valence-electron chi connectivity index (χ3n) is 5.17. The number of amides is 1. The first kappa shape index (κ1) is 25.3. The van der Waals surface area contributed by atoms with Gasteiger partial charge in [-0.2, -0.15) is 0 Å². The molecule has 0 fully saturated rings. The van der Waals surface area contributed by atoms with E-state index in [-0.39, 0.29) is 29.8 Å². The first-order valence-corrected chi connectivity index (χ1v) is 11.2. The normalized spacial score (nSPS) is 12.3. The number of benzene rings is 1. The van der Waals surface area contributed by atoms with Gasteiger partial charge in [0.1, 0.15) is 0 Å². The molecule has 1 amide bonds. The SMILES string of the molecule is CC(=O)NC(CO)C/C=C/CCCCCCCCCNc1ccc([N+](=O)[O-])c2nonc12. The van der Waals surface area contributed by atoms with Gasteiger partial charge in [-0.1, -0.05) is 44.3 Å². The summed E-state index contributed by atoms with van der Waals surface area (Å²) in [5, 5.41) is 33.6. The monoisotopic (exact) mass is 447 g/mol. The lowest BCUT2D eigenvalue weighted by molar-refractivity contribution is -0.383. The highest BCUT2D eigenvalue weighted by molar-refractivity contribution is 5.93. The molecule has 1 aromatic carbocycles. The number of nitro groups is 1. The number of aromatic nitrogens is 2. The predicted molar refractivity (Wildman–Crippen MR) is 122 cm³/mol. The predicted octanol–water partition coefficient (Wildman–Crippen LogP) is 4.11. The van der Waals surface area contributed by atoms with Gasteiger partial charge >= 0.3 is 5.69 Å². The Labute approximate surface area is 187 Å². The topological polar surface area (TPSA) is 143 Å². The van der Waals surface area contributed by atoms with Gasteiger partial charge in [-0.3, -0.25) is 14.9 Å². The van der Waals surface area contributed by atoms with E-state index in [4.69, 9.17) is 0 Å². The maximum Gasteiger partial charge on any atom is 0.300 e. The Kier molecular flexibility index (Phi) is 11.1. The highest BCUT2D eigenvalue weighted by Gasteiger charge is 2.19. The molecule has 0 aliphatic carbocycles. The number of carbonyl (C=O) groups is 1. The summed E-state index contributed by atoms with van der Waals surface area (Å²) in [6, 6.07) is 2.86. The van der Waals surface area contributed by atoms with Gasteiger partial charge in [0, 0.05) is 19.5 Å². The fourth-order valence-electron chi connectivity index (χ4n) is 3.48. The molecule has 0 saturated heterocycles. The molecular formula is C22H33N5O5. The van der Waals surface area contributed by atoms with Gasteiger partial charge in [-0.25, -0.2) is 4.63 Å². The van der Waals surface area contributed by atoms with E-state index >= 15 is 0 Å². The summed E-state index contributed by atoms with van der Waals surface area (Å²) in [5.41, 5.74) is 1.13. The second-order valence-electron chi connectivity index (χ2n) is 7.83. The molecule has 0 radical (unpaired) electrons. The van der Waals surface area contributed by atoms with E-state index in [9.17, 15) is 20.0 Å². The molecule has 10 heteroatoms. The summed E-state index contributed by atoms with van der Waals surface area (Å²) >= 11 is 0. The van der Waals surface area contributed by atoms with Crippen molar-refractivity contribution in [2.24, 2.45) is 0 Å². The van der Waals surface area contributed by atoms with Crippen LogP contribution in [0, 0.1) is 10.1 Å². The highest BCUT2D eigenvalue weighted by atomic mass is 16.6. The van der Waals surface area contributed by atoms with E-state index in [1.54, 1.807) is 6.07 Å². The minimum absolute atomic E-state index is 0.0466. The third-order valence-corrected chi connectivity index (χ3v) is 5.17. The lowest BCUT2D eigenvalue weighted by atomic mass is 10.1. The van der Waals surface area contributed by atoms with Gasteiger partial charge in [0.15, 0.2) is 5.52 Å². The molecule has 10 nitrogen and oxygen atoms in total. The number of rotatable bonds is 16. The molecule has 1 aromatic heterocycles. The summed E-state index contributed by atoms with van der Waals surface area (Å²) in [6.45, 7) is 2.17. The Morgan fingerprint density at radius 1 is 1.12 bits per heavy atom. The zero-order valence-corrected chi connectivity index (χ0v) is 18.6. The molecule has 176 valence electrons. The second kappa shape index (κ2) is 14.1. The molecule has 0 aliphatic heterocycles. The van der Waals surface area contributed by atoms with Crippen molar-refractivity contribution < 1.29 is 19.5 Å². The van der Waals surface area contributed by atoms with Crippen molar-refractivity contribution in [2.75, 3.05) is 18.5 Å². The lowest BCUT2D eigenvalue weighted by Crippen LogP contribution is -2.35. The third kappa shape index (κ3) is 8.62. The maximum absolute atomic E-state index is 11.0. The smallest absolute Gasteiger partial charge is 0.300 e. The van der Waals surface area contributed by atoms with Crippen molar-refractivity contribution in [3.8, 4) is 0 Å². The van der Waals surface area contributed by atoms with Crippen LogP contribution in [-0.2, 0) is 4.79 Å².